The van der Waals surface area contributed by atoms with Gasteiger partial charge in [-0.3, -0.25) is 19.2 Å². The van der Waals surface area contributed by atoms with Crippen molar-refractivity contribution < 1.29 is 51.0 Å². The van der Waals surface area contributed by atoms with Gasteiger partial charge in [-0.15, -0.1) is 0 Å². The molecule has 2 saturated heterocycles. The van der Waals surface area contributed by atoms with E-state index in [1.54, 1.807) is 84.9 Å². The van der Waals surface area contributed by atoms with Crippen molar-refractivity contribution in [2.24, 2.45) is 17.3 Å². The van der Waals surface area contributed by atoms with Crippen LogP contribution in [0.25, 0.3) is 0 Å². The molecule has 8 rings (SSSR count). The number of nitrogens with two attached hydrogens (primary N) is 3. The number of hydrogen-bond acceptors (Lipinski definition) is 14. The summed E-state index contributed by atoms with van der Waals surface area (Å²) in [7, 11) is 0. The highest BCUT2D eigenvalue weighted by molar-refractivity contribution is 5.90. The summed E-state index contributed by atoms with van der Waals surface area (Å²) in [5.41, 5.74) is 14.7. The molecule has 0 unspecified atom stereocenters. The Morgan fingerprint density at radius 1 is 0.662 bits per heavy atom. The fraction of sp³-hybridized carbons (Fsp3) is 0.423. The summed E-state index contributed by atoms with van der Waals surface area (Å²) >= 11 is 0. The molecule has 4 fully saturated rings. The molecule has 6 atom stereocenters. The average Bonchev–Trinajstić information content (AvgIpc) is 4.33. The molecular weight excluding hydrogens is 967 g/mol. The number of aromatic nitrogens is 2. The number of halogens is 4. The second-order valence-electron chi connectivity index (χ2n) is 18.7. The number of rotatable bonds is 24. The summed E-state index contributed by atoms with van der Waals surface area (Å²) in [5, 5.41) is 9.42. The van der Waals surface area contributed by atoms with Crippen LogP contribution < -0.4 is 33.3 Å². The number of carbonyl (C=O) groups excluding carboxylic acids is 4. The van der Waals surface area contributed by atoms with E-state index in [1.165, 1.54) is 6.20 Å². The summed E-state index contributed by atoms with van der Waals surface area (Å²) in [5.74, 6) is 2.43. The fourth-order valence-electron chi connectivity index (χ4n) is 9.09. The molecule has 2 aliphatic carbocycles. The Balaban J connectivity index is 0.730. The third-order valence-corrected chi connectivity index (χ3v) is 13.1. The van der Waals surface area contributed by atoms with Gasteiger partial charge in [0.1, 0.15) is 44.2 Å². The zero-order chi connectivity index (χ0) is 52.3. The van der Waals surface area contributed by atoms with Gasteiger partial charge in [-0.1, -0.05) is 72.8 Å². The van der Waals surface area contributed by atoms with Crippen LogP contribution >= 0.6 is 0 Å². The third-order valence-electron chi connectivity index (χ3n) is 13.1. The highest BCUT2D eigenvalue weighted by Crippen LogP contribution is 2.42. The first-order valence-electron chi connectivity index (χ1n) is 24.6. The van der Waals surface area contributed by atoms with Crippen LogP contribution in [0.2, 0.25) is 0 Å². The van der Waals surface area contributed by atoms with Crippen LogP contribution in [0, 0.1) is 11.9 Å². The Morgan fingerprint density at radius 3 is 1.58 bits per heavy atom. The monoisotopic (exact) mass is 1030 g/mol. The molecule has 394 valence electrons. The molecular formula is C52H61F4N11O7. The number of pyridine rings is 2. The van der Waals surface area contributed by atoms with E-state index in [4.69, 9.17) is 31.5 Å². The van der Waals surface area contributed by atoms with Gasteiger partial charge >= 0.3 is 0 Å². The number of hydrogen-bond donors (Lipinski definition) is 6. The fourth-order valence-corrected chi connectivity index (χ4v) is 9.09. The van der Waals surface area contributed by atoms with Crippen LogP contribution in [0.3, 0.4) is 0 Å². The standard InChI is InChI=1S/C52H61F4N11O7/c53-35-23-41(51(70)63-47(33-7-3-1-4-8-33)39-17-15-37(31-11-12-31)49(55)61-39)66(27-35)45(68)26-60-25-43(57)73-21-19-72-20-22-74-44(58)29-65(59)30-46(69)67-28-36(54)24-42(67)52(71)64-48(34-9-5-2-6-10-34)40-18-16-38(32-13-14-32)50(56)62-40/h1-10,15-18,25,29,31-32,35-36,41-42,47-48,60H,11-14,19-24,26-28,30,57-59H2,(H,63,70)(H,64,71)/b43-25+,44-29+/t35-,36-,41+,42+,47+,48+/m1/s1. The van der Waals surface area contributed by atoms with E-state index < -0.39 is 78.6 Å². The van der Waals surface area contributed by atoms with Crippen LogP contribution in [-0.4, -0.2) is 125 Å². The number of benzene rings is 2. The van der Waals surface area contributed by atoms with E-state index >= 15 is 8.78 Å². The molecule has 4 aliphatic rings. The van der Waals surface area contributed by atoms with Crippen LogP contribution in [0.4, 0.5) is 17.6 Å². The molecule has 0 spiro atoms. The lowest BCUT2D eigenvalue weighted by Gasteiger charge is -2.27. The molecule has 4 heterocycles. The summed E-state index contributed by atoms with van der Waals surface area (Å²) in [4.78, 5) is 64.7. The van der Waals surface area contributed by atoms with Crippen LogP contribution in [0.15, 0.2) is 109 Å². The summed E-state index contributed by atoms with van der Waals surface area (Å²) in [6, 6.07) is 20.4. The molecule has 9 N–H and O–H groups in total. The molecule has 74 heavy (non-hydrogen) atoms. The van der Waals surface area contributed by atoms with E-state index in [1.807, 2.05) is 0 Å². The van der Waals surface area contributed by atoms with Crippen molar-refractivity contribution >= 4 is 23.6 Å². The Bertz CT molecular complexity index is 2670. The molecule has 2 saturated carbocycles. The second kappa shape index (κ2) is 24.5. The maximum Gasteiger partial charge on any atom is 0.244 e. The highest BCUT2D eigenvalue weighted by Gasteiger charge is 2.42. The van der Waals surface area contributed by atoms with Crippen molar-refractivity contribution in [3.05, 3.63) is 155 Å². The number of nitrogens with zero attached hydrogens (tertiary/aromatic N) is 5. The molecule has 4 aromatic rings. The van der Waals surface area contributed by atoms with Gasteiger partial charge in [-0.05, 0) is 60.8 Å². The zero-order valence-electron chi connectivity index (χ0n) is 40.6. The summed E-state index contributed by atoms with van der Waals surface area (Å²) < 4.78 is 76.0. The Hall–Kier alpha value is -7.46. The molecule has 0 radical (unpaired) electrons. The normalized spacial score (nSPS) is 20.7. The quantitative estimate of drug-likeness (QED) is 0.0146. The van der Waals surface area contributed by atoms with Crippen LogP contribution in [0.1, 0.15) is 96.1 Å². The predicted octanol–water partition coefficient (Wildman–Crippen LogP) is 3.83. The number of nitrogens with one attached hydrogen (secondary N) is 3. The van der Waals surface area contributed by atoms with Crippen molar-refractivity contribution in [2.75, 3.05) is 52.6 Å². The minimum atomic E-state index is -1.47. The summed E-state index contributed by atoms with van der Waals surface area (Å²) in [6.07, 6.45) is 2.60. The lowest BCUT2D eigenvalue weighted by molar-refractivity contribution is -0.139. The number of amides is 4. The van der Waals surface area contributed by atoms with Crippen molar-refractivity contribution in [3.8, 4) is 0 Å². The van der Waals surface area contributed by atoms with Crippen molar-refractivity contribution in [3.63, 3.8) is 0 Å². The second-order valence-corrected chi connectivity index (χ2v) is 18.7. The first-order chi connectivity index (χ1) is 35.7. The van der Waals surface area contributed by atoms with Crippen molar-refractivity contribution in [1.29, 1.82) is 0 Å². The minimum Gasteiger partial charge on any atom is -0.476 e. The Kier molecular flexibility index (Phi) is 17.5. The number of ether oxygens (including phenoxy) is 3. The molecule has 4 amide bonds. The molecule has 2 aliphatic heterocycles. The van der Waals surface area contributed by atoms with E-state index in [9.17, 15) is 28.0 Å². The van der Waals surface area contributed by atoms with E-state index in [-0.39, 0.29) is 93.9 Å². The molecule has 0 bridgehead atoms. The van der Waals surface area contributed by atoms with E-state index in [0.717, 1.165) is 46.7 Å². The Morgan fingerprint density at radius 2 is 1.12 bits per heavy atom. The number of alkyl halides is 2. The van der Waals surface area contributed by atoms with Gasteiger partial charge in [0.15, 0.2) is 5.88 Å². The lowest BCUT2D eigenvalue weighted by Crippen LogP contribution is -2.50. The first kappa shape index (κ1) is 52.9. The minimum absolute atomic E-state index is 0.00952. The van der Waals surface area contributed by atoms with Gasteiger partial charge in [0.05, 0.1) is 68.7 Å². The number of carbonyl (C=O) groups is 4. The maximum atomic E-state index is 15.0. The van der Waals surface area contributed by atoms with Crippen LogP contribution in [-0.2, 0) is 33.4 Å². The smallest absolute Gasteiger partial charge is 0.244 e. The van der Waals surface area contributed by atoms with Gasteiger partial charge in [0.2, 0.25) is 41.4 Å². The Labute approximate surface area is 425 Å². The average molecular weight is 1030 g/mol. The number of hydrazine groups is 1. The van der Waals surface area contributed by atoms with Crippen molar-refractivity contribution in [1.82, 2.24) is 40.7 Å². The molecule has 18 nitrogen and oxygen atoms in total. The van der Waals surface area contributed by atoms with E-state index in [2.05, 4.69) is 25.9 Å². The third kappa shape index (κ3) is 14.0. The van der Waals surface area contributed by atoms with Gasteiger partial charge < -0.3 is 56.4 Å². The van der Waals surface area contributed by atoms with Gasteiger partial charge in [-0.2, -0.15) is 8.78 Å². The molecule has 2 aromatic carbocycles. The zero-order valence-corrected chi connectivity index (χ0v) is 40.6. The van der Waals surface area contributed by atoms with Gasteiger partial charge in [0.25, 0.3) is 0 Å². The van der Waals surface area contributed by atoms with Crippen molar-refractivity contribution in [2.45, 2.75) is 86.9 Å². The SMILES string of the molecule is N/C(=C\NCC(=O)N1C[C@H](F)C[C@H]1C(=O)N[C@@H](c1ccccc1)c1ccc(C2CC2)c(F)n1)OCCOCCO/C(N)=C/N(N)CC(=O)N1C[C@H](F)C[C@H]1C(=O)N[C@@H](c1ccccc1)c1ccc(C2CC2)c(F)n1. The van der Waals surface area contributed by atoms with Crippen LogP contribution in [0.5, 0.6) is 0 Å². The lowest BCUT2D eigenvalue weighted by atomic mass is 10.0. The molecule has 22 heteroatoms. The topological polar surface area (TPSA) is 246 Å². The predicted molar refractivity (Wildman–Crippen MR) is 261 cm³/mol. The number of likely N-dealkylation sites (tertiary alicyclic amines) is 2. The van der Waals surface area contributed by atoms with E-state index in [0.29, 0.717) is 22.3 Å². The highest BCUT2D eigenvalue weighted by atomic mass is 19.1. The molecule has 2 aromatic heterocycles. The largest absolute Gasteiger partial charge is 0.476 e. The van der Waals surface area contributed by atoms with Gasteiger partial charge in [-0.25, -0.2) is 24.6 Å². The first-order valence-corrected chi connectivity index (χ1v) is 24.6. The van der Waals surface area contributed by atoms with Gasteiger partial charge in [0, 0.05) is 24.0 Å². The maximum absolute atomic E-state index is 15.0. The summed E-state index contributed by atoms with van der Waals surface area (Å²) in [6.45, 7) is -1.30.